The van der Waals surface area contributed by atoms with Crippen LogP contribution in [0.3, 0.4) is 0 Å². The summed E-state index contributed by atoms with van der Waals surface area (Å²) in [7, 11) is 2.06. The van der Waals surface area contributed by atoms with Crippen LogP contribution in [0.1, 0.15) is 26.7 Å². The number of rotatable bonds is 7. The van der Waals surface area contributed by atoms with E-state index in [0.717, 1.165) is 12.8 Å². The summed E-state index contributed by atoms with van der Waals surface area (Å²) in [4.78, 5) is 2.21. The molecule has 0 aliphatic rings. The normalized spacial score (nSPS) is 15.5. The Morgan fingerprint density at radius 2 is 2.14 bits per heavy atom. The van der Waals surface area contributed by atoms with Gasteiger partial charge in [0, 0.05) is 6.04 Å². The summed E-state index contributed by atoms with van der Waals surface area (Å²) in [5.41, 5.74) is 5.55. The van der Waals surface area contributed by atoms with Crippen LogP contribution in [0, 0.1) is 5.41 Å². The molecule has 0 bridgehead atoms. The minimum Gasteiger partial charge on any atom is -0.386 e. The summed E-state index contributed by atoms with van der Waals surface area (Å²) in [5, 5.41) is 7.48. The smallest absolute Gasteiger partial charge is 0.108 e. The zero-order chi connectivity index (χ0) is 11.1. The lowest BCUT2D eigenvalue weighted by Gasteiger charge is -2.31. The van der Waals surface area contributed by atoms with Crippen LogP contribution in [0.2, 0.25) is 0 Å². The second-order valence-electron chi connectivity index (χ2n) is 3.68. The zero-order valence-electron chi connectivity index (χ0n) is 9.71. The number of likely N-dealkylation sites (N-methyl/N-ethyl adjacent to an activating group) is 1. The van der Waals surface area contributed by atoms with E-state index in [9.17, 15) is 0 Å². The molecule has 4 heteroatoms. The SMILES string of the molecule is CCC(C(=N)N)N(C)C(C)CCSC. The summed E-state index contributed by atoms with van der Waals surface area (Å²) >= 11 is 1.86. The molecule has 0 aromatic rings. The van der Waals surface area contributed by atoms with Crippen LogP contribution < -0.4 is 5.73 Å². The van der Waals surface area contributed by atoms with Crippen molar-refractivity contribution >= 4 is 17.6 Å². The average Bonchev–Trinajstić information content (AvgIpc) is 2.14. The van der Waals surface area contributed by atoms with Gasteiger partial charge in [0.2, 0.25) is 0 Å². The third kappa shape index (κ3) is 4.33. The van der Waals surface area contributed by atoms with E-state index in [1.54, 1.807) is 0 Å². The molecule has 0 saturated carbocycles. The van der Waals surface area contributed by atoms with Gasteiger partial charge in [0.15, 0.2) is 0 Å². The second kappa shape index (κ2) is 7.12. The number of amidine groups is 1. The number of hydrogen-bond donors (Lipinski definition) is 2. The van der Waals surface area contributed by atoms with Gasteiger partial charge in [-0.1, -0.05) is 6.92 Å². The molecule has 0 aliphatic carbocycles. The standard InChI is InChI=1S/C10H23N3S/c1-5-9(10(11)12)13(3)8(2)6-7-14-4/h8-9H,5-7H2,1-4H3,(H3,11,12). The van der Waals surface area contributed by atoms with Gasteiger partial charge in [0.25, 0.3) is 0 Å². The van der Waals surface area contributed by atoms with E-state index in [4.69, 9.17) is 11.1 Å². The first kappa shape index (κ1) is 13.8. The third-order valence-corrected chi connectivity index (χ3v) is 3.32. The largest absolute Gasteiger partial charge is 0.386 e. The average molecular weight is 217 g/mol. The third-order valence-electron chi connectivity index (χ3n) is 2.67. The molecule has 0 aromatic carbocycles. The van der Waals surface area contributed by atoms with Crippen molar-refractivity contribution in [3.63, 3.8) is 0 Å². The highest BCUT2D eigenvalue weighted by Gasteiger charge is 2.19. The number of nitrogens with zero attached hydrogens (tertiary/aromatic N) is 1. The molecule has 14 heavy (non-hydrogen) atoms. The molecule has 0 heterocycles. The Balaban J connectivity index is 4.12. The van der Waals surface area contributed by atoms with Gasteiger partial charge in [-0.2, -0.15) is 11.8 Å². The molecule has 0 spiro atoms. The second-order valence-corrected chi connectivity index (χ2v) is 4.66. The predicted octanol–water partition coefficient (Wildman–Crippen LogP) is 1.77. The Morgan fingerprint density at radius 3 is 2.50 bits per heavy atom. The molecule has 0 aromatic heterocycles. The molecule has 0 saturated heterocycles. The van der Waals surface area contributed by atoms with Crippen LogP contribution >= 0.6 is 11.8 Å². The van der Waals surface area contributed by atoms with Gasteiger partial charge in [0.05, 0.1) is 6.04 Å². The predicted molar refractivity (Wildman–Crippen MR) is 66.2 cm³/mol. The Kier molecular flexibility index (Phi) is 7.01. The summed E-state index contributed by atoms with van der Waals surface area (Å²) in [6.07, 6.45) is 4.19. The molecular weight excluding hydrogens is 194 g/mol. The minimum absolute atomic E-state index is 0.104. The molecule has 3 nitrogen and oxygen atoms in total. The minimum atomic E-state index is 0.104. The number of nitrogens with two attached hydrogens (primary N) is 1. The van der Waals surface area contributed by atoms with E-state index >= 15 is 0 Å². The maximum absolute atomic E-state index is 7.48. The first-order chi connectivity index (χ1) is 6.54. The van der Waals surface area contributed by atoms with E-state index < -0.39 is 0 Å². The number of hydrogen-bond acceptors (Lipinski definition) is 3. The molecule has 0 fully saturated rings. The van der Waals surface area contributed by atoms with Crippen molar-refractivity contribution in [3.8, 4) is 0 Å². The monoisotopic (exact) mass is 217 g/mol. The maximum Gasteiger partial charge on any atom is 0.108 e. The first-order valence-electron chi connectivity index (χ1n) is 5.09. The topological polar surface area (TPSA) is 53.1 Å². The zero-order valence-corrected chi connectivity index (χ0v) is 10.5. The highest BCUT2D eigenvalue weighted by Crippen LogP contribution is 2.11. The summed E-state index contributed by atoms with van der Waals surface area (Å²) in [6.45, 7) is 4.27. The highest BCUT2D eigenvalue weighted by atomic mass is 32.2. The molecule has 0 rings (SSSR count). The van der Waals surface area contributed by atoms with Crippen LogP contribution in [0.25, 0.3) is 0 Å². The fourth-order valence-electron chi connectivity index (χ4n) is 1.53. The first-order valence-corrected chi connectivity index (χ1v) is 6.48. The quantitative estimate of drug-likeness (QED) is 0.505. The number of nitrogens with one attached hydrogen (secondary N) is 1. The molecule has 84 valence electrons. The van der Waals surface area contributed by atoms with Gasteiger partial charge in [-0.05, 0) is 38.8 Å². The molecule has 0 radical (unpaired) electrons. The van der Waals surface area contributed by atoms with Crippen molar-refractivity contribution in [2.75, 3.05) is 19.1 Å². The lowest BCUT2D eigenvalue weighted by Crippen LogP contribution is -2.46. The van der Waals surface area contributed by atoms with E-state index in [2.05, 4.69) is 32.1 Å². The fraction of sp³-hybridized carbons (Fsp3) is 0.900. The van der Waals surface area contributed by atoms with Crippen LogP contribution in [-0.2, 0) is 0 Å². The van der Waals surface area contributed by atoms with E-state index in [0.29, 0.717) is 6.04 Å². The molecular formula is C10H23N3S. The van der Waals surface area contributed by atoms with Crippen molar-refractivity contribution in [1.29, 1.82) is 5.41 Å². The summed E-state index contributed by atoms with van der Waals surface area (Å²) < 4.78 is 0. The highest BCUT2D eigenvalue weighted by molar-refractivity contribution is 7.98. The molecule has 0 amide bonds. The van der Waals surface area contributed by atoms with Gasteiger partial charge < -0.3 is 5.73 Å². The summed E-state index contributed by atoms with van der Waals surface area (Å²) in [5.74, 6) is 1.45. The number of thioether (sulfide) groups is 1. The molecule has 2 unspecified atom stereocenters. The van der Waals surface area contributed by atoms with Gasteiger partial charge in [-0.25, -0.2) is 0 Å². The molecule has 2 atom stereocenters. The van der Waals surface area contributed by atoms with Crippen molar-refractivity contribution in [3.05, 3.63) is 0 Å². The van der Waals surface area contributed by atoms with Crippen LogP contribution in [0.5, 0.6) is 0 Å². The lowest BCUT2D eigenvalue weighted by molar-refractivity contribution is 0.217. The van der Waals surface area contributed by atoms with Crippen molar-refractivity contribution in [1.82, 2.24) is 4.90 Å². The van der Waals surface area contributed by atoms with Crippen molar-refractivity contribution in [2.24, 2.45) is 5.73 Å². The fourth-order valence-corrected chi connectivity index (χ4v) is 2.10. The molecule has 0 aliphatic heterocycles. The Bertz CT molecular complexity index is 173. The summed E-state index contributed by atoms with van der Waals surface area (Å²) in [6, 6.07) is 0.600. The van der Waals surface area contributed by atoms with Crippen LogP contribution in [0.15, 0.2) is 0 Å². The molecule has 3 N–H and O–H groups in total. The lowest BCUT2D eigenvalue weighted by atomic mass is 10.1. The van der Waals surface area contributed by atoms with E-state index in [1.807, 2.05) is 11.8 Å². The van der Waals surface area contributed by atoms with Gasteiger partial charge >= 0.3 is 0 Å². The van der Waals surface area contributed by atoms with Gasteiger partial charge in [-0.3, -0.25) is 10.3 Å². The van der Waals surface area contributed by atoms with Crippen molar-refractivity contribution < 1.29 is 0 Å². The Hall–Kier alpha value is -0.220. The Morgan fingerprint density at radius 1 is 1.57 bits per heavy atom. The van der Waals surface area contributed by atoms with E-state index in [1.165, 1.54) is 5.75 Å². The van der Waals surface area contributed by atoms with Crippen LogP contribution in [-0.4, -0.2) is 41.9 Å². The van der Waals surface area contributed by atoms with Gasteiger partial charge in [0.1, 0.15) is 5.84 Å². The Labute approximate surface area is 91.9 Å². The van der Waals surface area contributed by atoms with E-state index in [-0.39, 0.29) is 11.9 Å². The maximum atomic E-state index is 7.48. The van der Waals surface area contributed by atoms with Gasteiger partial charge in [-0.15, -0.1) is 0 Å². The van der Waals surface area contributed by atoms with Crippen molar-refractivity contribution in [2.45, 2.75) is 38.8 Å². The van der Waals surface area contributed by atoms with Crippen LogP contribution in [0.4, 0.5) is 0 Å².